The molecular formula is C14H11O3-. The Bertz CT molecular complexity index is 532. The van der Waals surface area contributed by atoms with Crippen molar-refractivity contribution >= 4 is 5.97 Å². The molecule has 0 heterocycles. The third kappa shape index (κ3) is 2.64. The van der Waals surface area contributed by atoms with Crippen LogP contribution in [0.3, 0.4) is 0 Å². The average molecular weight is 227 g/mol. The standard InChI is InChI=1S/C14H12O3/c1-10-9-11(14(15)16)7-8-13(10)17-12-5-3-2-4-6-12/h2-9H,1H3,(H,15,16)/p-1. The highest BCUT2D eigenvalue weighted by atomic mass is 16.5. The summed E-state index contributed by atoms with van der Waals surface area (Å²) in [6.45, 7) is 1.80. The molecule has 0 saturated carbocycles. The van der Waals surface area contributed by atoms with Gasteiger partial charge in [0.25, 0.3) is 0 Å². The van der Waals surface area contributed by atoms with E-state index < -0.39 is 5.97 Å². The minimum absolute atomic E-state index is 0.155. The molecule has 0 bridgehead atoms. The maximum atomic E-state index is 10.7. The van der Waals surface area contributed by atoms with Crippen LogP contribution < -0.4 is 9.84 Å². The van der Waals surface area contributed by atoms with Gasteiger partial charge in [-0.25, -0.2) is 0 Å². The van der Waals surface area contributed by atoms with Gasteiger partial charge < -0.3 is 14.6 Å². The van der Waals surface area contributed by atoms with E-state index in [0.29, 0.717) is 5.75 Å². The van der Waals surface area contributed by atoms with Crippen LogP contribution in [-0.4, -0.2) is 5.97 Å². The van der Waals surface area contributed by atoms with E-state index in [4.69, 9.17) is 4.74 Å². The van der Waals surface area contributed by atoms with Crippen molar-refractivity contribution in [2.45, 2.75) is 6.92 Å². The molecule has 0 radical (unpaired) electrons. The molecule has 0 N–H and O–H groups in total. The van der Waals surface area contributed by atoms with Crippen molar-refractivity contribution < 1.29 is 14.6 Å². The zero-order valence-corrected chi connectivity index (χ0v) is 9.34. The van der Waals surface area contributed by atoms with E-state index in [1.807, 2.05) is 30.3 Å². The number of hydrogen-bond acceptors (Lipinski definition) is 3. The molecule has 0 unspecified atom stereocenters. The Morgan fingerprint density at radius 3 is 2.41 bits per heavy atom. The van der Waals surface area contributed by atoms with Crippen molar-refractivity contribution in [1.82, 2.24) is 0 Å². The second-order valence-electron chi connectivity index (χ2n) is 3.68. The summed E-state index contributed by atoms with van der Waals surface area (Å²) in [7, 11) is 0. The smallest absolute Gasteiger partial charge is 0.130 e. The van der Waals surface area contributed by atoms with Crippen LogP contribution in [0.15, 0.2) is 48.5 Å². The lowest BCUT2D eigenvalue weighted by atomic mass is 10.1. The van der Waals surface area contributed by atoms with E-state index in [1.165, 1.54) is 12.1 Å². The topological polar surface area (TPSA) is 49.4 Å². The van der Waals surface area contributed by atoms with E-state index >= 15 is 0 Å². The first-order chi connectivity index (χ1) is 8.16. The predicted octanol–water partition coefficient (Wildman–Crippen LogP) is 2.15. The molecule has 2 rings (SSSR count). The molecule has 0 aliphatic heterocycles. The largest absolute Gasteiger partial charge is 0.545 e. The fourth-order valence-corrected chi connectivity index (χ4v) is 1.51. The molecule has 0 aliphatic carbocycles. The summed E-state index contributed by atoms with van der Waals surface area (Å²) in [5.41, 5.74) is 0.915. The monoisotopic (exact) mass is 227 g/mol. The fraction of sp³-hybridized carbons (Fsp3) is 0.0714. The van der Waals surface area contributed by atoms with E-state index in [9.17, 15) is 9.90 Å². The zero-order valence-electron chi connectivity index (χ0n) is 9.34. The molecule has 0 fully saturated rings. The summed E-state index contributed by atoms with van der Waals surface area (Å²) >= 11 is 0. The first-order valence-corrected chi connectivity index (χ1v) is 5.22. The molecule has 0 spiro atoms. The van der Waals surface area contributed by atoms with Gasteiger partial charge in [-0.15, -0.1) is 0 Å². The second kappa shape index (κ2) is 4.70. The zero-order chi connectivity index (χ0) is 12.3. The molecule has 0 aliphatic rings. The van der Waals surface area contributed by atoms with Crippen LogP contribution in [-0.2, 0) is 0 Å². The van der Waals surface area contributed by atoms with Gasteiger partial charge in [0.1, 0.15) is 11.5 Å². The lowest BCUT2D eigenvalue weighted by Gasteiger charge is -2.10. The number of carbonyl (C=O) groups is 1. The maximum absolute atomic E-state index is 10.7. The Kier molecular flexibility index (Phi) is 3.10. The fourth-order valence-electron chi connectivity index (χ4n) is 1.51. The van der Waals surface area contributed by atoms with Gasteiger partial charge in [-0.3, -0.25) is 0 Å². The third-order valence-electron chi connectivity index (χ3n) is 2.38. The lowest BCUT2D eigenvalue weighted by molar-refractivity contribution is -0.255. The summed E-state index contributed by atoms with van der Waals surface area (Å²) in [6.07, 6.45) is 0. The normalized spacial score (nSPS) is 9.94. The molecule has 0 amide bonds. The quantitative estimate of drug-likeness (QED) is 0.807. The van der Waals surface area contributed by atoms with Crippen LogP contribution in [0, 0.1) is 6.92 Å². The minimum Gasteiger partial charge on any atom is -0.545 e. The first kappa shape index (κ1) is 11.2. The number of ether oxygens (including phenoxy) is 1. The Balaban J connectivity index is 2.26. The molecule has 86 valence electrons. The first-order valence-electron chi connectivity index (χ1n) is 5.22. The van der Waals surface area contributed by atoms with E-state index in [0.717, 1.165) is 11.3 Å². The van der Waals surface area contributed by atoms with Gasteiger partial charge in [-0.1, -0.05) is 18.2 Å². The summed E-state index contributed by atoms with van der Waals surface area (Å²) < 4.78 is 5.63. The van der Waals surface area contributed by atoms with Gasteiger partial charge in [-0.2, -0.15) is 0 Å². The molecular weight excluding hydrogens is 216 g/mol. The summed E-state index contributed by atoms with van der Waals surface area (Å²) in [6, 6.07) is 14.0. The van der Waals surface area contributed by atoms with Crippen molar-refractivity contribution in [2.75, 3.05) is 0 Å². The number of para-hydroxylation sites is 1. The van der Waals surface area contributed by atoms with Crippen LogP contribution in [0.4, 0.5) is 0 Å². The highest BCUT2D eigenvalue weighted by Crippen LogP contribution is 2.25. The SMILES string of the molecule is Cc1cc(C(=O)[O-])ccc1Oc1ccccc1. The van der Waals surface area contributed by atoms with Gasteiger partial charge in [0.05, 0.1) is 5.97 Å². The van der Waals surface area contributed by atoms with Crippen molar-refractivity contribution in [3.05, 3.63) is 59.7 Å². The molecule has 2 aromatic carbocycles. The van der Waals surface area contributed by atoms with Gasteiger partial charge in [-0.05, 0) is 48.4 Å². The summed E-state index contributed by atoms with van der Waals surface area (Å²) in [5, 5.41) is 10.7. The van der Waals surface area contributed by atoms with E-state index in [2.05, 4.69) is 0 Å². The van der Waals surface area contributed by atoms with Crippen LogP contribution >= 0.6 is 0 Å². The lowest BCUT2D eigenvalue weighted by Crippen LogP contribution is -2.22. The van der Waals surface area contributed by atoms with Crippen LogP contribution in [0.5, 0.6) is 11.5 Å². The number of rotatable bonds is 3. The molecule has 0 atom stereocenters. The van der Waals surface area contributed by atoms with Crippen LogP contribution in [0.2, 0.25) is 0 Å². The van der Waals surface area contributed by atoms with E-state index in [-0.39, 0.29) is 5.56 Å². The Morgan fingerprint density at radius 2 is 1.82 bits per heavy atom. The molecule has 0 aromatic heterocycles. The van der Waals surface area contributed by atoms with Crippen molar-refractivity contribution in [2.24, 2.45) is 0 Å². The third-order valence-corrected chi connectivity index (χ3v) is 2.38. The van der Waals surface area contributed by atoms with Crippen molar-refractivity contribution in [1.29, 1.82) is 0 Å². The Labute approximate surface area is 99.3 Å². The van der Waals surface area contributed by atoms with Gasteiger partial charge in [0.2, 0.25) is 0 Å². The number of carboxylic acids is 1. The predicted molar refractivity (Wildman–Crippen MR) is 62.0 cm³/mol. The maximum Gasteiger partial charge on any atom is 0.130 e. The Morgan fingerprint density at radius 1 is 1.12 bits per heavy atom. The molecule has 3 nitrogen and oxygen atoms in total. The molecule has 3 heteroatoms. The van der Waals surface area contributed by atoms with Crippen molar-refractivity contribution in [3.63, 3.8) is 0 Å². The second-order valence-corrected chi connectivity index (χ2v) is 3.68. The molecule has 17 heavy (non-hydrogen) atoms. The highest BCUT2D eigenvalue weighted by molar-refractivity contribution is 5.86. The Hall–Kier alpha value is -2.29. The number of aryl methyl sites for hydroxylation is 1. The summed E-state index contributed by atoms with van der Waals surface area (Å²) in [5.74, 6) is 0.178. The van der Waals surface area contributed by atoms with Gasteiger partial charge in [0.15, 0.2) is 0 Å². The van der Waals surface area contributed by atoms with Crippen LogP contribution in [0.25, 0.3) is 0 Å². The summed E-state index contributed by atoms with van der Waals surface area (Å²) in [4.78, 5) is 10.7. The van der Waals surface area contributed by atoms with Crippen LogP contribution in [0.1, 0.15) is 15.9 Å². The highest BCUT2D eigenvalue weighted by Gasteiger charge is 2.03. The number of aromatic carboxylic acids is 1. The van der Waals surface area contributed by atoms with Crippen molar-refractivity contribution in [3.8, 4) is 11.5 Å². The average Bonchev–Trinajstić information content (AvgIpc) is 2.33. The molecule has 0 saturated heterocycles. The number of carboxylic acid groups (broad SMARTS) is 1. The number of hydrogen-bond donors (Lipinski definition) is 0. The van der Waals surface area contributed by atoms with Gasteiger partial charge >= 0.3 is 0 Å². The number of benzene rings is 2. The molecule has 2 aromatic rings. The minimum atomic E-state index is -1.18. The van der Waals surface area contributed by atoms with Gasteiger partial charge in [0, 0.05) is 0 Å². The van der Waals surface area contributed by atoms with E-state index in [1.54, 1.807) is 13.0 Å². The number of carbonyl (C=O) groups excluding carboxylic acids is 1.